The summed E-state index contributed by atoms with van der Waals surface area (Å²) in [6, 6.07) is 24.9. The molecule has 0 spiro atoms. The SMILES string of the molecule is O=C(NCCN1CCN(Cc2ccccc2)CC1)c1ccc2c(c1)N(Cc1cccc(F)c1)C(=O)c1cccnc1O2. The summed E-state index contributed by atoms with van der Waals surface area (Å²) in [6.45, 7) is 6.18. The molecule has 42 heavy (non-hydrogen) atoms. The van der Waals surface area contributed by atoms with E-state index in [4.69, 9.17) is 4.74 Å². The van der Waals surface area contributed by atoms with Gasteiger partial charge in [-0.1, -0.05) is 42.5 Å². The second-order valence-corrected chi connectivity index (χ2v) is 10.5. The van der Waals surface area contributed by atoms with Crippen molar-refractivity contribution in [2.75, 3.05) is 44.2 Å². The molecule has 4 aromatic rings. The predicted octanol–water partition coefficient (Wildman–Crippen LogP) is 4.72. The van der Waals surface area contributed by atoms with Crippen LogP contribution in [0, 0.1) is 5.82 Å². The summed E-state index contributed by atoms with van der Waals surface area (Å²) >= 11 is 0. The van der Waals surface area contributed by atoms with Gasteiger partial charge in [0.15, 0.2) is 5.75 Å². The van der Waals surface area contributed by atoms with Crippen LogP contribution in [-0.4, -0.2) is 65.9 Å². The number of nitrogens with one attached hydrogen (secondary N) is 1. The van der Waals surface area contributed by atoms with Crippen molar-refractivity contribution < 1.29 is 18.7 Å². The van der Waals surface area contributed by atoms with Crippen molar-refractivity contribution in [3.63, 3.8) is 0 Å². The van der Waals surface area contributed by atoms with Crippen LogP contribution in [0.1, 0.15) is 31.8 Å². The Morgan fingerprint density at radius 3 is 2.45 bits per heavy atom. The fourth-order valence-electron chi connectivity index (χ4n) is 5.37. The first-order valence-corrected chi connectivity index (χ1v) is 14.1. The number of hydrogen-bond donors (Lipinski definition) is 1. The molecule has 0 saturated carbocycles. The lowest BCUT2D eigenvalue weighted by atomic mass is 10.1. The molecule has 1 N–H and O–H groups in total. The lowest BCUT2D eigenvalue weighted by Crippen LogP contribution is -2.48. The Kier molecular flexibility index (Phi) is 8.21. The molecule has 0 aliphatic carbocycles. The summed E-state index contributed by atoms with van der Waals surface area (Å²) in [5.74, 6) is -0.392. The van der Waals surface area contributed by atoms with Crippen LogP contribution in [0.4, 0.5) is 10.1 Å². The van der Waals surface area contributed by atoms with Crippen LogP contribution in [0.3, 0.4) is 0 Å². The maximum atomic E-state index is 14.0. The lowest BCUT2D eigenvalue weighted by molar-refractivity contribution is 0.0932. The number of halogens is 1. The molecular weight excluding hydrogens is 533 g/mol. The molecule has 2 amide bonds. The molecular formula is C33H32FN5O3. The van der Waals surface area contributed by atoms with Gasteiger partial charge in [-0.3, -0.25) is 19.4 Å². The summed E-state index contributed by atoms with van der Waals surface area (Å²) in [5, 5.41) is 3.02. The first-order chi connectivity index (χ1) is 20.5. The molecule has 0 atom stereocenters. The van der Waals surface area contributed by atoms with Gasteiger partial charge in [0.1, 0.15) is 11.4 Å². The highest BCUT2D eigenvalue weighted by molar-refractivity contribution is 6.10. The Bertz CT molecular complexity index is 1570. The Labute approximate surface area is 244 Å². The monoisotopic (exact) mass is 565 g/mol. The Morgan fingerprint density at radius 2 is 1.64 bits per heavy atom. The third-order valence-electron chi connectivity index (χ3n) is 7.62. The molecule has 1 saturated heterocycles. The van der Waals surface area contributed by atoms with Crippen molar-refractivity contribution in [1.29, 1.82) is 0 Å². The molecule has 2 aliphatic heterocycles. The van der Waals surface area contributed by atoms with Gasteiger partial charge < -0.3 is 15.0 Å². The summed E-state index contributed by atoms with van der Waals surface area (Å²) in [5.41, 5.74) is 3.05. The van der Waals surface area contributed by atoms with Gasteiger partial charge in [0.05, 0.1) is 12.2 Å². The number of aromatic nitrogens is 1. The van der Waals surface area contributed by atoms with Crippen LogP contribution in [0.25, 0.3) is 0 Å². The maximum Gasteiger partial charge on any atom is 0.264 e. The van der Waals surface area contributed by atoms with E-state index in [1.165, 1.54) is 22.6 Å². The zero-order chi connectivity index (χ0) is 28.9. The van der Waals surface area contributed by atoms with E-state index in [-0.39, 0.29) is 30.1 Å². The first kappa shape index (κ1) is 27.6. The maximum absolute atomic E-state index is 14.0. The van der Waals surface area contributed by atoms with Gasteiger partial charge in [0.2, 0.25) is 5.88 Å². The molecule has 3 aromatic carbocycles. The number of hydrogen-bond acceptors (Lipinski definition) is 6. The minimum atomic E-state index is -0.390. The molecule has 1 aromatic heterocycles. The topological polar surface area (TPSA) is 78.0 Å². The van der Waals surface area contributed by atoms with E-state index in [0.29, 0.717) is 34.7 Å². The van der Waals surface area contributed by atoms with Gasteiger partial charge in [-0.2, -0.15) is 0 Å². The Hall–Kier alpha value is -4.60. The summed E-state index contributed by atoms with van der Waals surface area (Å²) in [4.78, 5) is 37.4. The minimum absolute atomic E-state index is 0.0998. The summed E-state index contributed by atoms with van der Waals surface area (Å²) in [7, 11) is 0. The van der Waals surface area contributed by atoms with Crippen molar-refractivity contribution >= 4 is 17.5 Å². The molecule has 0 radical (unpaired) electrons. The number of nitrogens with zero attached hydrogens (tertiary/aromatic N) is 4. The lowest BCUT2D eigenvalue weighted by Gasteiger charge is -2.34. The number of carbonyl (C=O) groups is 2. The van der Waals surface area contributed by atoms with Crippen LogP contribution < -0.4 is 15.0 Å². The standard InChI is InChI=1S/C33H32FN5O3/c34-27-9-4-8-25(20-27)23-39-29-21-26(11-12-30(29)42-32-28(33(39)41)10-5-13-36-32)31(40)35-14-15-37-16-18-38(19-17-37)22-24-6-2-1-3-7-24/h1-13,20-21H,14-19,22-23H2,(H,35,40). The average molecular weight is 566 g/mol. The van der Waals surface area contributed by atoms with Crippen LogP contribution >= 0.6 is 0 Å². The number of piperazine rings is 1. The van der Waals surface area contributed by atoms with E-state index < -0.39 is 0 Å². The van der Waals surface area contributed by atoms with Crippen molar-refractivity contribution in [2.24, 2.45) is 0 Å². The van der Waals surface area contributed by atoms with Gasteiger partial charge in [-0.25, -0.2) is 9.37 Å². The number of rotatable bonds is 8. The van der Waals surface area contributed by atoms with Crippen molar-refractivity contribution in [3.05, 3.63) is 119 Å². The Morgan fingerprint density at radius 1 is 0.857 bits per heavy atom. The molecule has 9 heteroatoms. The van der Waals surface area contributed by atoms with E-state index in [1.807, 2.05) is 6.07 Å². The molecule has 2 aliphatic rings. The molecule has 3 heterocycles. The average Bonchev–Trinajstić information content (AvgIpc) is 3.12. The van der Waals surface area contributed by atoms with Crippen LogP contribution in [0.2, 0.25) is 0 Å². The third-order valence-corrected chi connectivity index (χ3v) is 7.62. The zero-order valence-electron chi connectivity index (χ0n) is 23.2. The molecule has 8 nitrogen and oxygen atoms in total. The predicted molar refractivity (Wildman–Crippen MR) is 158 cm³/mol. The number of amides is 2. The number of ether oxygens (including phenoxy) is 1. The second kappa shape index (κ2) is 12.5. The molecule has 6 rings (SSSR count). The highest BCUT2D eigenvalue weighted by atomic mass is 19.1. The van der Waals surface area contributed by atoms with Gasteiger partial charge in [0.25, 0.3) is 11.8 Å². The number of benzene rings is 3. The van der Waals surface area contributed by atoms with Crippen molar-refractivity contribution in [3.8, 4) is 11.6 Å². The highest BCUT2D eigenvalue weighted by Crippen LogP contribution is 2.39. The zero-order valence-corrected chi connectivity index (χ0v) is 23.2. The Balaban J connectivity index is 1.11. The van der Waals surface area contributed by atoms with E-state index in [0.717, 1.165) is 39.3 Å². The van der Waals surface area contributed by atoms with E-state index >= 15 is 0 Å². The van der Waals surface area contributed by atoms with Crippen LogP contribution in [-0.2, 0) is 13.1 Å². The summed E-state index contributed by atoms with van der Waals surface area (Å²) < 4.78 is 20.0. The van der Waals surface area contributed by atoms with Gasteiger partial charge in [-0.05, 0) is 53.6 Å². The number of fused-ring (bicyclic) bond motifs is 2. The number of pyridine rings is 1. The molecule has 214 valence electrons. The number of carbonyl (C=O) groups excluding carboxylic acids is 2. The fourth-order valence-corrected chi connectivity index (χ4v) is 5.37. The molecule has 0 bridgehead atoms. The van der Waals surface area contributed by atoms with Crippen LogP contribution in [0.15, 0.2) is 91.1 Å². The fraction of sp³-hybridized carbons (Fsp3) is 0.242. The summed E-state index contributed by atoms with van der Waals surface area (Å²) in [6.07, 6.45) is 1.55. The van der Waals surface area contributed by atoms with Gasteiger partial charge >= 0.3 is 0 Å². The number of anilines is 1. The largest absolute Gasteiger partial charge is 0.436 e. The second-order valence-electron chi connectivity index (χ2n) is 10.5. The smallest absolute Gasteiger partial charge is 0.264 e. The van der Waals surface area contributed by atoms with Crippen LogP contribution in [0.5, 0.6) is 11.6 Å². The first-order valence-electron chi connectivity index (χ1n) is 14.1. The van der Waals surface area contributed by atoms with E-state index in [1.54, 1.807) is 48.7 Å². The van der Waals surface area contributed by atoms with Gasteiger partial charge in [0, 0.05) is 57.6 Å². The minimum Gasteiger partial charge on any atom is -0.436 e. The van der Waals surface area contributed by atoms with Gasteiger partial charge in [-0.15, -0.1) is 0 Å². The quantitative estimate of drug-likeness (QED) is 0.333. The third kappa shape index (κ3) is 6.32. The normalized spacial score (nSPS) is 15.4. The van der Waals surface area contributed by atoms with E-state index in [2.05, 4.69) is 44.4 Å². The molecule has 0 unspecified atom stereocenters. The molecule has 1 fully saturated rings. The highest BCUT2D eigenvalue weighted by Gasteiger charge is 2.30. The van der Waals surface area contributed by atoms with E-state index in [9.17, 15) is 14.0 Å². The van der Waals surface area contributed by atoms with Crippen molar-refractivity contribution in [1.82, 2.24) is 20.1 Å². The van der Waals surface area contributed by atoms with Crippen molar-refractivity contribution in [2.45, 2.75) is 13.1 Å².